The van der Waals surface area contributed by atoms with Gasteiger partial charge in [-0.25, -0.2) is 12.8 Å². The highest BCUT2D eigenvalue weighted by Crippen LogP contribution is 2.35. The van der Waals surface area contributed by atoms with Gasteiger partial charge in [0.15, 0.2) is 11.5 Å². The molecule has 1 saturated heterocycles. The van der Waals surface area contributed by atoms with Crippen molar-refractivity contribution in [1.29, 1.82) is 0 Å². The quantitative estimate of drug-likeness (QED) is 0.633. The Balaban J connectivity index is 1.30. The van der Waals surface area contributed by atoms with Gasteiger partial charge < -0.3 is 14.7 Å². The van der Waals surface area contributed by atoms with Crippen LogP contribution in [0.4, 0.5) is 10.1 Å². The lowest BCUT2D eigenvalue weighted by Crippen LogP contribution is -2.62. The first-order valence-corrected chi connectivity index (χ1v) is 11.3. The summed E-state index contributed by atoms with van der Waals surface area (Å²) in [6.07, 6.45) is 0.796. The fraction of sp³-hybridized carbons (Fsp3) is 0.238. The monoisotopic (exact) mass is 442 g/mol. The fourth-order valence-corrected chi connectivity index (χ4v) is 5.55. The van der Waals surface area contributed by atoms with E-state index in [0.717, 1.165) is 0 Å². The van der Waals surface area contributed by atoms with Crippen LogP contribution in [-0.4, -0.2) is 43.1 Å². The topological polar surface area (TPSA) is 105 Å². The average molecular weight is 442 g/mol. The van der Waals surface area contributed by atoms with Crippen LogP contribution >= 0.6 is 0 Å². The van der Waals surface area contributed by atoms with Gasteiger partial charge in [-0.1, -0.05) is 17.3 Å². The van der Waals surface area contributed by atoms with Crippen LogP contribution in [0.15, 0.2) is 64.0 Å². The molecule has 2 aliphatic rings. The largest absolute Gasteiger partial charge is 0.365 e. The van der Waals surface area contributed by atoms with Crippen molar-refractivity contribution in [3.05, 3.63) is 66.1 Å². The zero-order chi connectivity index (χ0) is 21.6. The minimum Gasteiger partial charge on any atom is -0.365 e. The van der Waals surface area contributed by atoms with E-state index in [1.807, 2.05) is 0 Å². The number of amides is 1. The van der Waals surface area contributed by atoms with Gasteiger partial charge in [-0.05, 0) is 36.4 Å². The first kappa shape index (κ1) is 19.7. The number of sulfonamides is 1. The number of fused-ring (bicyclic) bond motifs is 1. The number of rotatable bonds is 2. The molecule has 0 aliphatic carbocycles. The van der Waals surface area contributed by atoms with E-state index in [2.05, 4.69) is 15.2 Å². The van der Waals surface area contributed by atoms with Crippen LogP contribution in [0.25, 0.3) is 11.3 Å². The van der Waals surface area contributed by atoms with Crippen LogP contribution in [0.5, 0.6) is 0 Å². The maximum atomic E-state index is 13.1. The summed E-state index contributed by atoms with van der Waals surface area (Å²) in [6, 6.07) is 14.0. The highest BCUT2D eigenvalue weighted by Gasteiger charge is 2.44. The van der Waals surface area contributed by atoms with Crippen LogP contribution in [0.2, 0.25) is 0 Å². The number of nitrogens with one attached hydrogen (secondary N) is 2. The van der Waals surface area contributed by atoms with Gasteiger partial charge in [0.1, 0.15) is 16.4 Å². The van der Waals surface area contributed by atoms with Gasteiger partial charge in [-0.15, -0.1) is 0 Å². The lowest BCUT2D eigenvalue weighted by molar-refractivity contribution is 0.0665. The summed E-state index contributed by atoms with van der Waals surface area (Å²) >= 11 is 0. The van der Waals surface area contributed by atoms with Crippen molar-refractivity contribution in [2.45, 2.75) is 23.4 Å². The number of carbonyl (C=O) groups excluding carboxylic acids is 1. The molecule has 0 radical (unpaired) electrons. The van der Waals surface area contributed by atoms with E-state index in [1.54, 1.807) is 41.3 Å². The zero-order valence-electron chi connectivity index (χ0n) is 16.3. The van der Waals surface area contributed by atoms with E-state index in [1.165, 1.54) is 18.2 Å². The third kappa shape index (κ3) is 3.57. The molecule has 160 valence electrons. The SMILES string of the molecule is O=C(c1cc(-c2ccc(F)cc2)on1)N1CCC2(CC1)Nc1ccccc1S(=O)(=O)N2. The summed E-state index contributed by atoms with van der Waals surface area (Å²) < 4.78 is 46.4. The molecule has 1 spiro atoms. The Labute approximate surface area is 178 Å². The third-order valence-corrected chi connectivity index (χ3v) is 7.24. The number of nitrogens with zero attached hydrogens (tertiary/aromatic N) is 2. The minimum absolute atomic E-state index is 0.151. The molecule has 2 aliphatic heterocycles. The summed E-state index contributed by atoms with van der Waals surface area (Å²) in [5.74, 6) is -0.294. The number of hydrogen-bond acceptors (Lipinski definition) is 6. The number of benzene rings is 2. The van der Waals surface area contributed by atoms with Gasteiger partial charge in [-0.2, -0.15) is 4.72 Å². The Morgan fingerprint density at radius 2 is 1.81 bits per heavy atom. The molecular weight excluding hydrogens is 423 g/mol. The molecule has 0 unspecified atom stereocenters. The van der Waals surface area contributed by atoms with Crippen molar-refractivity contribution in [1.82, 2.24) is 14.8 Å². The number of para-hydroxylation sites is 1. The van der Waals surface area contributed by atoms with Crippen molar-refractivity contribution in [3.63, 3.8) is 0 Å². The fourth-order valence-electron chi connectivity index (χ4n) is 4.01. The van der Waals surface area contributed by atoms with Gasteiger partial charge in [0.25, 0.3) is 5.91 Å². The molecule has 31 heavy (non-hydrogen) atoms. The number of aromatic nitrogens is 1. The Morgan fingerprint density at radius 1 is 1.10 bits per heavy atom. The summed E-state index contributed by atoms with van der Waals surface area (Å²) in [6.45, 7) is 0.685. The molecule has 2 N–H and O–H groups in total. The van der Waals surface area contributed by atoms with Crippen molar-refractivity contribution in [3.8, 4) is 11.3 Å². The summed E-state index contributed by atoms with van der Waals surface area (Å²) in [4.78, 5) is 14.7. The van der Waals surface area contributed by atoms with Gasteiger partial charge in [0, 0.05) is 37.6 Å². The van der Waals surface area contributed by atoms with E-state index in [4.69, 9.17) is 4.52 Å². The predicted molar refractivity (Wildman–Crippen MR) is 110 cm³/mol. The molecule has 3 heterocycles. The van der Waals surface area contributed by atoms with Crippen molar-refractivity contribution in [2.75, 3.05) is 18.4 Å². The van der Waals surface area contributed by atoms with Crippen LogP contribution in [-0.2, 0) is 10.0 Å². The van der Waals surface area contributed by atoms with Gasteiger partial charge in [-0.3, -0.25) is 4.79 Å². The number of carbonyl (C=O) groups is 1. The summed E-state index contributed by atoms with van der Waals surface area (Å²) in [5, 5.41) is 7.16. The molecular formula is C21H19FN4O4S. The molecule has 0 atom stereocenters. The number of halogens is 1. The van der Waals surface area contributed by atoms with Crippen LogP contribution < -0.4 is 10.0 Å². The van der Waals surface area contributed by atoms with Crippen molar-refractivity contribution >= 4 is 21.6 Å². The van der Waals surface area contributed by atoms with Crippen LogP contribution in [0.3, 0.4) is 0 Å². The van der Waals surface area contributed by atoms with E-state index >= 15 is 0 Å². The minimum atomic E-state index is -3.64. The van der Waals surface area contributed by atoms with E-state index < -0.39 is 15.7 Å². The van der Waals surface area contributed by atoms with E-state index in [0.29, 0.717) is 42.9 Å². The predicted octanol–water partition coefficient (Wildman–Crippen LogP) is 2.82. The number of piperidine rings is 1. The number of anilines is 1. The lowest BCUT2D eigenvalue weighted by atomic mass is 9.96. The van der Waals surface area contributed by atoms with Crippen LogP contribution in [0, 0.1) is 5.82 Å². The van der Waals surface area contributed by atoms with E-state index in [9.17, 15) is 17.6 Å². The van der Waals surface area contributed by atoms with Crippen LogP contribution in [0.1, 0.15) is 23.3 Å². The van der Waals surface area contributed by atoms with Gasteiger partial charge in [0.05, 0.1) is 5.69 Å². The third-order valence-electron chi connectivity index (χ3n) is 5.64. The Hall–Kier alpha value is -3.24. The Kier molecular flexibility index (Phi) is 4.56. The maximum Gasteiger partial charge on any atom is 0.276 e. The van der Waals surface area contributed by atoms with Crippen molar-refractivity contribution < 1.29 is 22.1 Å². The first-order valence-electron chi connectivity index (χ1n) is 9.78. The highest BCUT2D eigenvalue weighted by atomic mass is 32.2. The molecule has 1 aromatic heterocycles. The molecule has 8 nitrogen and oxygen atoms in total. The van der Waals surface area contributed by atoms with Gasteiger partial charge in [0.2, 0.25) is 10.0 Å². The van der Waals surface area contributed by atoms with Crippen molar-refractivity contribution in [2.24, 2.45) is 0 Å². The normalized spacial score (nSPS) is 18.9. The molecule has 1 fully saturated rings. The number of hydrogen-bond donors (Lipinski definition) is 2. The molecule has 1 amide bonds. The average Bonchev–Trinajstić information content (AvgIpc) is 3.24. The van der Waals surface area contributed by atoms with Gasteiger partial charge >= 0.3 is 0 Å². The second kappa shape index (κ2) is 7.17. The summed E-state index contributed by atoms with van der Waals surface area (Å²) in [5.41, 5.74) is 0.483. The first-order chi connectivity index (χ1) is 14.9. The standard InChI is InChI=1S/C21H19FN4O4S/c22-15-7-5-14(6-8-15)18-13-17(24-30-18)20(27)26-11-9-21(10-12-26)23-16-3-1-2-4-19(16)31(28,29)25-21/h1-8,13,23,25H,9-12H2. The second-order valence-electron chi connectivity index (χ2n) is 7.68. The Bertz CT molecular complexity index is 1250. The molecule has 2 aromatic carbocycles. The zero-order valence-corrected chi connectivity index (χ0v) is 17.2. The molecule has 10 heteroatoms. The highest BCUT2D eigenvalue weighted by molar-refractivity contribution is 7.89. The molecule has 0 saturated carbocycles. The molecule has 5 rings (SSSR count). The second-order valence-corrected chi connectivity index (χ2v) is 9.34. The number of likely N-dealkylation sites (tertiary alicyclic amines) is 1. The summed E-state index contributed by atoms with van der Waals surface area (Å²) in [7, 11) is -3.64. The molecule has 3 aromatic rings. The maximum absolute atomic E-state index is 13.1. The smallest absolute Gasteiger partial charge is 0.276 e. The lowest BCUT2D eigenvalue weighted by Gasteiger charge is -2.45. The van der Waals surface area contributed by atoms with E-state index in [-0.39, 0.29) is 22.3 Å². The molecule has 0 bridgehead atoms. The Morgan fingerprint density at radius 3 is 2.55 bits per heavy atom.